The van der Waals surface area contributed by atoms with Crippen LogP contribution in [0.25, 0.3) is 0 Å². The molecule has 5 atom stereocenters. The first kappa shape index (κ1) is 13.9. The summed E-state index contributed by atoms with van der Waals surface area (Å²) in [6.45, 7) is 7.40. The molecule has 0 saturated heterocycles. The van der Waals surface area contributed by atoms with Crippen LogP contribution in [0.1, 0.15) is 65.7 Å². The van der Waals surface area contributed by atoms with Crippen molar-refractivity contribution in [1.29, 1.82) is 0 Å². The molecule has 3 fully saturated rings. The first-order chi connectivity index (χ1) is 8.85. The zero-order valence-corrected chi connectivity index (χ0v) is 13.0. The Morgan fingerprint density at radius 3 is 2.26 bits per heavy atom. The van der Waals surface area contributed by atoms with Crippen molar-refractivity contribution in [3.8, 4) is 0 Å². The summed E-state index contributed by atoms with van der Waals surface area (Å²) >= 11 is 0. The van der Waals surface area contributed by atoms with Crippen molar-refractivity contribution in [3.63, 3.8) is 0 Å². The third-order valence-corrected chi connectivity index (χ3v) is 7.58. The van der Waals surface area contributed by atoms with Gasteiger partial charge in [0.05, 0.1) is 0 Å². The van der Waals surface area contributed by atoms with Crippen molar-refractivity contribution in [1.82, 2.24) is 0 Å². The zero-order valence-electron chi connectivity index (χ0n) is 13.0. The van der Waals surface area contributed by atoms with Crippen LogP contribution in [0.5, 0.6) is 0 Å². The largest absolute Gasteiger partial charge is 0.365 e. The molecule has 2 nitrogen and oxygen atoms in total. The molecule has 0 aromatic heterocycles. The van der Waals surface area contributed by atoms with Crippen LogP contribution in [0.15, 0.2) is 0 Å². The maximum Gasteiger partial charge on any atom is 0.168 e. The monoisotopic (exact) mass is 266 g/mol. The van der Waals surface area contributed by atoms with E-state index in [0.29, 0.717) is 22.7 Å². The van der Waals surface area contributed by atoms with Gasteiger partial charge in [-0.15, -0.1) is 0 Å². The fourth-order valence-electron chi connectivity index (χ4n) is 5.80. The Kier molecular flexibility index (Phi) is 3.07. The second kappa shape index (κ2) is 4.21. The van der Waals surface area contributed by atoms with E-state index < -0.39 is 5.79 Å². The average Bonchev–Trinajstić information content (AvgIpc) is 2.72. The van der Waals surface area contributed by atoms with E-state index in [1.54, 1.807) is 7.11 Å². The SMILES string of the molecule is COC1(O)CCCCC1[C@H]1C[C@@H]2CC[C@@]1(C)C2(C)C. The van der Waals surface area contributed by atoms with Crippen LogP contribution in [0, 0.1) is 28.6 Å². The summed E-state index contributed by atoms with van der Waals surface area (Å²) in [5, 5.41) is 10.9. The molecule has 2 bridgehead atoms. The number of hydrogen-bond acceptors (Lipinski definition) is 2. The maximum atomic E-state index is 10.9. The number of rotatable bonds is 2. The van der Waals surface area contributed by atoms with Crippen LogP contribution in [0.3, 0.4) is 0 Å². The summed E-state index contributed by atoms with van der Waals surface area (Å²) in [7, 11) is 1.69. The molecule has 2 heteroatoms. The first-order valence-corrected chi connectivity index (χ1v) is 8.13. The lowest BCUT2D eigenvalue weighted by atomic mass is 9.60. The van der Waals surface area contributed by atoms with Gasteiger partial charge in [0.1, 0.15) is 0 Å². The third-order valence-electron chi connectivity index (χ3n) is 7.58. The van der Waals surface area contributed by atoms with Crippen molar-refractivity contribution in [2.24, 2.45) is 28.6 Å². The number of methoxy groups -OCH3 is 1. The molecule has 19 heavy (non-hydrogen) atoms. The zero-order chi connectivity index (χ0) is 13.9. The molecule has 0 amide bonds. The predicted octanol–water partition coefficient (Wildman–Crippen LogP) is 3.97. The number of fused-ring (bicyclic) bond motifs is 2. The highest BCUT2D eigenvalue weighted by Crippen LogP contribution is 2.71. The fraction of sp³-hybridized carbons (Fsp3) is 1.00. The molecule has 0 aliphatic heterocycles. The first-order valence-electron chi connectivity index (χ1n) is 8.13. The van der Waals surface area contributed by atoms with Gasteiger partial charge in [0.25, 0.3) is 0 Å². The summed E-state index contributed by atoms with van der Waals surface area (Å²) in [6, 6.07) is 0. The Morgan fingerprint density at radius 1 is 1.00 bits per heavy atom. The van der Waals surface area contributed by atoms with Crippen molar-refractivity contribution >= 4 is 0 Å². The van der Waals surface area contributed by atoms with Crippen molar-refractivity contribution in [2.45, 2.75) is 71.5 Å². The molecule has 3 aliphatic carbocycles. The fourth-order valence-corrected chi connectivity index (χ4v) is 5.80. The standard InChI is InChI=1S/C17H30O2/c1-15(2)12-8-10-16(15,3)14(11-12)13-7-5-6-9-17(13,18)19-4/h12-14,18H,5-11H2,1-4H3/t12-,13?,14+,16+,17?/m0/s1. The van der Waals surface area contributed by atoms with Crippen LogP contribution in [-0.2, 0) is 4.74 Å². The molecule has 0 aromatic rings. The molecule has 0 heterocycles. The van der Waals surface area contributed by atoms with E-state index in [1.807, 2.05) is 0 Å². The number of ether oxygens (including phenoxy) is 1. The highest BCUT2D eigenvalue weighted by atomic mass is 16.6. The summed E-state index contributed by atoms with van der Waals surface area (Å²) in [5.41, 5.74) is 0.829. The van der Waals surface area contributed by atoms with E-state index >= 15 is 0 Å². The van der Waals surface area contributed by atoms with Crippen LogP contribution >= 0.6 is 0 Å². The van der Waals surface area contributed by atoms with Gasteiger partial charge in [-0.05, 0) is 54.8 Å². The number of hydrogen-bond donors (Lipinski definition) is 1. The van der Waals surface area contributed by atoms with Crippen LogP contribution in [-0.4, -0.2) is 18.0 Å². The van der Waals surface area contributed by atoms with E-state index in [0.717, 1.165) is 25.2 Å². The minimum atomic E-state index is -0.855. The summed E-state index contributed by atoms with van der Waals surface area (Å²) < 4.78 is 5.58. The molecular weight excluding hydrogens is 236 g/mol. The average molecular weight is 266 g/mol. The second-order valence-electron chi connectivity index (χ2n) is 8.12. The Labute approximate surface area is 117 Å². The molecule has 0 aromatic carbocycles. The van der Waals surface area contributed by atoms with Gasteiger partial charge in [-0.2, -0.15) is 0 Å². The van der Waals surface area contributed by atoms with Gasteiger partial charge >= 0.3 is 0 Å². The smallest absolute Gasteiger partial charge is 0.168 e. The molecule has 110 valence electrons. The van der Waals surface area contributed by atoms with E-state index in [-0.39, 0.29) is 0 Å². The molecule has 3 rings (SSSR count). The highest BCUT2D eigenvalue weighted by molar-refractivity contribution is 5.12. The minimum absolute atomic E-state index is 0.348. The van der Waals surface area contributed by atoms with Crippen molar-refractivity contribution < 1.29 is 9.84 Å². The third kappa shape index (κ3) is 1.68. The summed E-state index contributed by atoms with van der Waals surface area (Å²) in [5.74, 6) is 0.991. The second-order valence-corrected chi connectivity index (χ2v) is 8.12. The maximum absolute atomic E-state index is 10.9. The van der Waals surface area contributed by atoms with E-state index in [4.69, 9.17) is 4.74 Å². The lowest BCUT2D eigenvalue weighted by Gasteiger charge is -2.49. The highest BCUT2D eigenvalue weighted by Gasteiger charge is 2.64. The summed E-state index contributed by atoms with van der Waals surface area (Å²) in [6.07, 6.45) is 8.37. The van der Waals surface area contributed by atoms with Gasteiger partial charge in [0.15, 0.2) is 5.79 Å². The predicted molar refractivity (Wildman–Crippen MR) is 76.6 cm³/mol. The lowest BCUT2D eigenvalue weighted by Crippen LogP contribution is -2.50. The van der Waals surface area contributed by atoms with Gasteiger partial charge in [0.2, 0.25) is 0 Å². The Hall–Kier alpha value is -0.0800. The summed E-state index contributed by atoms with van der Waals surface area (Å²) in [4.78, 5) is 0. The molecule has 3 aliphatic rings. The molecule has 0 spiro atoms. The van der Waals surface area contributed by atoms with E-state index in [2.05, 4.69) is 20.8 Å². The lowest BCUT2D eigenvalue weighted by molar-refractivity contribution is -0.256. The van der Waals surface area contributed by atoms with Gasteiger partial charge in [-0.25, -0.2) is 0 Å². The molecule has 1 N–H and O–H groups in total. The van der Waals surface area contributed by atoms with E-state index in [9.17, 15) is 5.11 Å². The number of aliphatic hydroxyl groups is 1. The Bertz CT molecular complexity index is 364. The van der Waals surface area contributed by atoms with Crippen LogP contribution < -0.4 is 0 Å². The van der Waals surface area contributed by atoms with E-state index in [1.165, 1.54) is 25.7 Å². The normalized spacial score (nSPS) is 52.6. The van der Waals surface area contributed by atoms with Crippen LogP contribution in [0.2, 0.25) is 0 Å². The van der Waals surface area contributed by atoms with Gasteiger partial charge < -0.3 is 9.84 Å². The Morgan fingerprint density at radius 2 is 1.74 bits per heavy atom. The van der Waals surface area contributed by atoms with Crippen LogP contribution in [0.4, 0.5) is 0 Å². The van der Waals surface area contributed by atoms with Gasteiger partial charge in [-0.3, -0.25) is 0 Å². The van der Waals surface area contributed by atoms with Crippen molar-refractivity contribution in [3.05, 3.63) is 0 Å². The minimum Gasteiger partial charge on any atom is -0.365 e. The van der Waals surface area contributed by atoms with Gasteiger partial charge in [-0.1, -0.05) is 27.2 Å². The van der Waals surface area contributed by atoms with Crippen molar-refractivity contribution in [2.75, 3.05) is 7.11 Å². The quantitative estimate of drug-likeness (QED) is 0.766. The molecule has 3 saturated carbocycles. The molecule has 2 unspecified atom stereocenters. The molecular formula is C17H30O2. The Balaban J connectivity index is 1.91. The topological polar surface area (TPSA) is 29.5 Å². The van der Waals surface area contributed by atoms with Gasteiger partial charge in [0, 0.05) is 19.4 Å². The molecule has 0 radical (unpaired) electrons.